The second kappa shape index (κ2) is 11.1. The van der Waals surface area contributed by atoms with Crippen molar-refractivity contribution in [2.75, 3.05) is 19.5 Å². The number of benzene rings is 2. The Balaban J connectivity index is 0.000000735. The van der Waals surface area contributed by atoms with Crippen LogP contribution in [0.15, 0.2) is 54.7 Å². The molecule has 0 spiro atoms. The monoisotopic (exact) mass is 411 g/mol. The molecule has 2 aromatic carbocycles. The van der Waals surface area contributed by atoms with E-state index in [9.17, 15) is 0 Å². The standard InChI is InChI=1S/C19H21N5O2.C2H4O2/c1-25-16-9-6-10-17(26-2)14(16)11-21-18(20)24-19-22-12-15(23-19)13-7-4-3-5-8-13;1-2(3)4/h3-10,12H,11H2,1-2H3,(H4,20,21,22,23,24);1H3,(H,3,4). The SMILES string of the molecule is CC(=O)O.COc1cccc(OC)c1CNC(=N)Nc1nc(-c2ccccc2)c[nH]1. The first kappa shape index (κ1) is 22.3. The third-order valence-electron chi connectivity index (χ3n) is 3.86. The maximum Gasteiger partial charge on any atom is 0.300 e. The number of aromatic nitrogens is 2. The largest absolute Gasteiger partial charge is 0.496 e. The molecule has 158 valence electrons. The lowest BCUT2D eigenvalue weighted by Crippen LogP contribution is -2.29. The van der Waals surface area contributed by atoms with E-state index >= 15 is 0 Å². The van der Waals surface area contributed by atoms with Crippen LogP contribution in [0, 0.1) is 5.41 Å². The van der Waals surface area contributed by atoms with Gasteiger partial charge in [0.25, 0.3) is 5.97 Å². The second-order valence-electron chi connectivity index (χ2n) is 6.01. The summed E-state index contributed by atoms with van der Waals surface area (Å²) in [4.78, 5) is 16.5. The number of H-pyrrole nitrogens is 1. The zero-order valence-electron chi connectivity index (χ0n) is 17.0. The highest BCUT2D eigenvalue weighted by Crippen LogP contribution is 2.27. The quantitative estimate of drug-likeness (QED) is 0.310. The summed E-state index contributed by atoms with van der Waals surface area (Å²) in [6.45, 7) is 1.46. The van der Waals surface area contributed by atoms with Crippen LogP contribution in [0.4, 0.5) is 5.95 Å². The number of aromatic amines is 1. The van der Waals surface area contributed by atoms with Gasteiger partial charge in [0.05, 0.1) is 32.0 Å². The van der Waals surface area contributed by atoms with Crippen molar-refractivity contribution in [1.82, 2.24) is 15.3 Å². The fourth-order valence-electron chi connectivity index (χ4n) is 2.58. The minimum Gasteiger partial charge on any atom is -0.496 e. The molecule has 0 radical (unpaired) electrons. The molecule has 0 aliphatic carbocycles. The number of anilines is 1. The lowest BCUT2D eigenvalue weighted by Gasteiger charge is -2.14. The maximum absolute atomic E-state index is 9.00. The van der Waals surface area contributed by atoms with Gasteiger partial charge < -0.3 is 24.9 Å². The maximum atomic E-state index is 9.00. The number of aliphatic carboxylic acids is 1. The van der Waals surface area contributed by atoms with Gasteiger partial charge in [-0.15, -0.1) is 0 Å². The van der Waals surface area contributed by atoms with Crippen molar-refractivity contribution in [3.8, 4) is 22.8 Å². The zero-order chi connectivity index (χ0) is 21.9. The highest BCUT2D eigenvalue weighted by Gasteiger charge is 2.11. The van der Waals surface area contributed by atoms with E-state index in [2.05, 4.69) is 20.6 Å². The number of nitrogens with one attached hydrogen (secondary N) is 4. The molecule has 5 N–H and O–H groups in total. The first-order valence-electron chi connectivity index (χ1n) is 9.04. The van der Waals surface area contributed by atoms with E-state index < -0.39 is 5.97 Å². The highest BCUT2D eigenvalue weighted by atomic mass is 16.5. The van der Waals surface area contributed by atoms with Crippen LogP contribution in [0.1, 0.15) is 12.5 Å². The van der Waals surface area contributed by atoms with Gasteiger partial charge in [-0.3, -0.25) is 15.5 Å². The van der Waals surface area contributed by atoms with Gasteiger partial charge in [-0.05, 0) is 12.1 Å². The summed E-state index contributed by atoms with van der Waals surface area (Å²) in [6, 6.07) is 15.4. The van der Waals surface area contributed by atoms with Crippen LogP contribution in [0.5, 0.6) is 11.5 Å². The molecule has 0 amide bonds. The Labute approximate surface area is 174 Å². The van der Waals surface area contributed by atoms with Crippen molar-refractivity contribution in [2.24, 2.45) is 0 Å². The average molecular weight is 411 g/mol. The predicted molar refractivity (Wildman–Crippen MR) is 115 cm³/mol. The van der Waals surface area contributed by atoms with Crippen molar-refractivity contribution in [3.63, 3.8) is 0 Å². The van der Waals surface area contributed by atoms with Gasteiger partial charge in [0, 0.05) is 18.7 Å². The molecule has 0 unspecified atom stereocenters. The van der Waals surface area contributed by atoms with Crippen LogP contribution in [-0.2, 0) is 11.3 Å². The summed E-state index contributed by atoms with van der Waals surface area (Å²) in [5.74, 6) is 1.18. The molecular formula is C21H25N5O4. The van der Waals surface area contributed by atoms with Gasteiger partial charge in [0.15, 0.2) is 5.96 Å². The summed E-state index contributed by atoms with van der Waals surface area (Å²) in [7, 11) is 3.21. The Morgan fingerprint density at radius 3 is 2.27 bits per heavy atom. The number of hydrogen-bond donors (Lipinski definition) is 5. The molecule has 0 bridgehead atoms. The number of guanidine groups is 1. The summed E-state index contributed by atoms with van der Waals surface area (Å²) >= 11 is 0. The molecule has 0 aliphatic rings. The predicted octanol–water partition coefficient (Wildman–Crippen LogP) is 3.32. The third kappa shape index (κ3) is 6.55. The van der Waals surface area contributed by atoms with Gasteiger partial charge >= 0.3 is 0 Å². The Kier molecular flexibility index (Phi) is 8.25. The van der Waals surface area contributed by atoms with Gasteiger partial charge in [-0.2, -0.15) is 0 Å². The van der Waals surface area contributed by atoms with E-state index in [0.717, 1.165) is 23.7 Å². The normalized spacial score (nSPS) is 9.70. The lowest BCUT2D eigenvalue weighted by molar-refractivity contribution is -0.134. The number of nitrogens with zero attached hydrogens (tertiary/aromatic N) is 1. The highest BCUT2D eigenvalue weighted by molar-refractivity contribution is 5.89. The zero-order valence-corrected chi connectivity index (χ0v) is 17.0. The number of rotatable bonds is 6. The van der Waals surface area contributed by atoms with Crippen LogP contribution in [0.3, 0.4) is 0 Å². The fourth-order valence-corrected chi connectivity index (χ4v) is 2.58. The number of ether oxygens (including phenoxy) is 2. The van der Waals surface area contributed by atoms with Crippen LogP contribution in [0.2, 0.25) is 0 Å². The Hall–Kier alpha value is -4.01. The Morgan fingerprint density at radius 1 is 1.10 bits per heavy atom. The minimum absolute atomic E-state index is 0.118. The third-order valence-corrected chi connectivity index (χ3v) is 3.86. The van der Waals surface area contributed by atoms with Crippen molar-refractivity contribution in [3.05, 3.63) is 60.3 Å². The molecular weight excluding hydrogens is 386 g/mol. The van der Waals surface area contributed by atoms with Crippen LogP contribution >= 0.6 is 0 Å². The van der Waals surface area contributed by atoms with Crippen LogP contribution < -0.4 is 20.1 Å². The number of carboxylic acids is 1. The molecule has 0 saturated carbocycles. The number of carboxylic acid groups (broad SMARTS) is 1. The Morgan fingerprint density at radius 2 is 1.70 bits per heavy atom. The molecule has 1 aromatic heterocycles. The van der Waals surface area contributed by atoms with E-state index in [4.69, 9.17) is 24.8 Å². The van der Waals surface area contributed by atoms with E-state index in [1.807, 2.05) is 48.5 Å². The van der Waals surface area contributed by atoms with E-state index in [1.54, 1.807) is 20.4 Å². The van der Waals surface area contributed by atoms with Crippen molar-refractivity contribution >= 4 is 17.9 Å². The first-order valence-corrected chi connectivity index (χ1v) is 9.04. The molecule has 0 saturated heterocycles. The van der Waals surface area contributed by atoms with Gasteiger partial charge in [0.2, 0.25) is 5.95 Å². The van der Waals surface area contributed by atoms with Crippen LogP contribution in [0.25, 0.3) is 11.3 Å². The second-order valence-corrected chi connectivity index (χ2v) is 6.01. The van der Waals surface area contributed by atoms with Gasteiger partial charge in [-0.25, -0.2) is 4.98 Å². The molecule has 30 heavy (non-hydrogen) atoms. The molecule has 9 nitrogen and oxygen atoms in total. The van der Waals surface area contributed by atoms with Gasteiger partial charge in [-0.1, -0.05) is 36.4 Å². The lowest BCUT2D eigenvalue weighted by atomic mass is 10.1. The van der Waals surface area contributed by atoms with Gasteiger partial charge in [0.1, 0.15) is 11.5 Å². The molecule has 0 atom stereocenters. The number of carbonyl (C=O) groups is 1. The smallest absolute Gasteiger partial charge is 0.300 e. The molecule has 0 fully saturated rings. The fraction of sp³-hybridized carbons (Fsp3) is 0.190. The summed E-state index contributed by atoms with van der Waals surface area (Å²) < 4.78 is 10.7. The van der Waals surface area contributed by atoms with E-state index in [0.29, 0.717) is 24.0 Å². The van der Waals surface area contributed by atoms with E-state index in [1.165, 1.54) is 0 Å². The summed E-state index contributed by atoms with van der Waals surface area (Å²) in [5.41, 5.74) is 2.66. The van der Waals surface area contributed by atoms with E-state index in [-0.39, 0.29) is 5.96 Å². The number of imidazole rings is 1. The first-order chi connectivity index (χ1) is 14.4. The number of methoxy groups -OCH3 is 2. The molecule has 1 heterocycles. The Bertz CT molecular complexity index is 946. The molecule has 3 aromatic rings. The topological polar surface area (TPSA) is 132 Å². The van der Waals surface area contributed by atoms with Crippen LogP contribution in [-0.4, -0.2) is 41.2 Å². The average Bonchev–Trinajstić information content (AvgIpc) is 3.20. The molecule has 9 heteroatoms. The van der Waals surface area contributed by atoms with Crippen molar-refractivity contribution < 1.29 is 19.4 Å². The number of hydrogen-bond acceptors (Lipinski definition) is 5. The minimum atomic E-state index is -0.833. The summed E-state index contributed by atoms with van der Waals surface area (Å²) in [5, 5.41) is 21.4. The summed E-state index contributed by atoms with van der Waals surface area (Å²) in [6.07, 6.45) is 1.80. The van der Waals surface area contributed by atoms with Crippen molar-refractivity contribution in [1.29, 1.82) is 5.41 Å². The van der Waals surface area contributed by atoms with Crippen molar-refractivity contribution in [2.45, 2.75) is 13.5 Å². The molecule has 0 aliphatic heterocycles. The molecule has 3 rings (SSSR count).